The zero-order chi connectivity index (χ0) is 21.6. The lowest BCUT2D eigenvalue weighted by Crippen LogP contribution is -2.14. The van der Waals surface area contributed by atoms with E-state index in [1.807, 2.05) is 42.5 Å². The predicted molar refractivity (Wildman–Crippen MR) is 119 cm³/mol. The average Bonchev–Trinajstić information content (AvgIpc) is 2.71. The highest BCUT2D eigenvalue weighted by Gasteiger charge is 2.11. The molecule has 0 fully saturated rings. The molecule has 0 saturated carbocycles. The normalized spacial score (nSPS) is 11.1. The van der Waals surface area contributed by atoms with Gasteiger partial charge in [-0.15, -0.1) is 0 Å². The molecule has 3 aromatic rings. The molecule has 30 heavy (non-hydrogen) atoms. The fourth-order valence-corrected chi connectivity index (χ4v) is 3.58. The van der Waals surface area contributed by atoms with Gasteiger partial charge in [-0.25, -0.2) is 8.42 Å². The quantitative estimate of drug-likeness (QED) is 0.502. The largest absolute Gasteiger partial charge is 0.494 e. The maximum absolute atomic E-state index is 12.2. The molecule has 0 spiro atoms. The Kier molecular flexibility index (Phi) is 6.79. The van der Waals surface area contributed by atoms with E-state index in [0.29, 0.717) is 30.2 Å². The van der Waals surface area contributed by atoms with E-state index in [4.69, 9.17) is 9.47 Å². The van der Waals surface area contributed by atoms with Gasteiger partial charge in [0.15, 0.2) is 0 Å². The molecule has 158 valence electrons. The van der Waals surface area contributed by atoms with E-state index >= 15 is 0 Å². The van der Waals surface area contributed by atoms with Crippen LogP contribution in [0, 0.1) is 0 Å². The van der Waals surface area contributed by atoms with Crippen LogP contribution < -0.4 is 19.5 Å². The minimum absolute atomic E-state index is 0.164. The number of fused-ring (bicyclic) bond motifs is 1. The first-order chi connectivity index (χ1) is 14.4. The molecule has 0 saturated heterocycles. The molecular formula is C22H24N2O5S. The number of rotatable bonds is 9. The number of methoxy groups -OCH3 is 1. The summed E-state index contributed by atoms with van der Waals surface area (Å²) in [5.41, 5.74) is 0.826. The van der Waals surface area contributed by atoms with Gasteiger partial charge >= 0.3 is 0 Å². The van der Waals surface area contributed by atoms with E-state index < -0.39 is 10.0 Å². The number of nitrogens with one attached hydrogen (secondary N) is 2. The number of hydrogen-bond donors (Lipinski definition) is 2. The minimum atomic E-state index is -3.43. The van der Waals surface area contributed by atoms with Gasteiger partial charge in [-0.2, -0.15) is 0 Å². The minimum Gasteiger partial charge on any atom is -0.494 e. The summed E-state index contributed by atoms with van der Waals surface area (Å²) in [5.74, 6) is 0.951. The maximum atomic E-state index is 12.2. The van der Waals surface area contributed by atoms with Crippen molar-refractivity contribution in [2.75, 3.05) is 30.0 Å². The van der Waals surface area contributed by atoms with Gasteiger partial charge in [-0.05, 0) is 30.0 Å². The monoisotopic (exact) mass is 428 g/mol. The summed E-state index contributed by atoms with van der Waals surface area (Å²) in [7, 11) is -2.00. The van der Waals surface area contributed by atoms with Crippen molar-refractivity contribution in [1.82, 2.24) is 0 Å². The van der Waals surface area contributed by atoms with Crippen molar-refractivity contribution in [3.05, 3.63) is 60.7 Å². The molecular weight excluding hydrogens is 404 g/mol. The van der Waals surface area contributed by atoms with E-state index in [1.54, 1.807) is 18.2 Å². The average molecular weight is 429 g/mol. The summed E-state index contributed by atoms with van der Waals surface area (Å²) in [5, 5.41) is 4.93. The second-order valence-electron chi connectivity index (χ2n) is 6.77. The van der Waals surface area contributed by atoms with Gasteiger partial charge in [-0.3, -0.25) is 9.52 Å². The number of sulfonamides is 1. The van der Waals surface area contributed by atoms with Crippen LogP contribution in [0.2, 0.25) is 0 Å². The van der Waals surface area contributed by atoms with Crippen LogP contribution in [0.4, 0.5) is 11.4 Å². The van der Waals surface area contributed by atoms with Crippen LogP contribution in [-0.2, 0) is 14.8 Å². The zero-order valence-electron chi connectivity index (χ0n) is 16.8. The fraction of sp³-hybridized carbons (Fsp3) is 0.227. The van der Waals surface area contributed by atoms with E-state index in [9.17, 15) is 13.2 Å². The maximum Gasteiger partial charge on any atom is 0.229 e. The van der Waals surface area contributed by atoms with Crippen LogP contribution in [0.5, 0.6) is 11.5 Å². The molecule has 3 aromatic carbocycles. The van der Waals surface area contributed by atoms with Crippen molar-refractivity contribution < 1.29 is 22.7 Å². The number of benzene rings is 3. The molecule has 0 aromatic heterocycles. The molecule has 2 N–H and O–H groups in total. The van der Waals surface area contributed by atoms with E-state index in [1.165, 1.54) is 7.11 Å². The molecule has 0 aliphatic rings. The number of ether oxygens (including phenoxy) is 2. The lowest BCUT2D eigenvalue weighted by molar-refractivity contribution is -0.116. The Morgan fingerprint density at radius 1 is 1.00 bits per heavy atom. The molecule has 1 amide bonds. The van der Waals surface area contributed by atoms with Gasteiger partial charge < -0.3 is 14.8 Å². The van der Waals surface area contributed by atoms with Gasteiger partial charge in [0.05, 0.1) is 25.7 Å². The standard InChI is InChI=1S/C22H24N2O5S/c1-28-21-15-17(12-13-19(21)24-30(2,26)27)23-22(25)11-6-14-29-20-10-5-8-16-7-3-4-9-18(16)20/h3-5,7-10,12-13,15,24H,6,11,14H2,1-2H3,(H,23,25). The Morgan fingerprint density at radius 2 is 1.77 bits per heavy atom. The summed E-state index contributed by atoms with van der Waals surface area (Å²) < 4.78 is 36.2. The third-order valence-corrected chi connectivity index (χ3v) is 4.93. The molecule has 0 atom stereocenters. The Morgan fingerprint density at radius 3 is 2.53 bits per heavy atom. The fourth-order valence-electron chi connectivity index (χ4n) is 3.01. The first-order valence-electron chi connectivity index (χ1n) is 9.42. The Labute approximate surface area is 176 Å². The van der Waals surface area contributed by atoms with E-state index in [2.05, 4.69) is 10.0 Å². The Bertz CT molecular complexity index is 1140. The molecule has 0 heterocycles. The summed E-state index contributed by atoms with van der Waals surface area (Å²) >= 11 is 0. The lowest BCUT2D eigenvalue weighted by atomic mass is 10.1. The highest BCUT2D eigenvalue weighted by molar-refractivity contribution is 7.92. The van der Waals surface area contributed by atoms with Gasteiger partial charge in [0.25, 0.3) is 0 Å². The van der Waals surface area contributed by atoms with Crippen molar-refractivity contribution in [1.29, 1.82) is 0 Å². The molecule has 0 bridgehead atoms. The smallest absolute Gasteiger partial charge is 0.229 e. The number of carbonyl (C=O) groups is 1. The molecule has 3 rings (SSSR count). The molecule has 0 aliphatic heterocycles. The highest BCUT2D eigenvalue weighted by atomic mass is 32.2. The summed E-state index contributed by atoms with van der Waals surface area (Å²) in [4.78, 5) is 12.2. The van der Waals surface area contributed by atoms with Crippen LogP contribution in [0.25, 0.3) is 10.8 Å². The van der Waals surface area contributed by atoms with Gasteiger partial charge in [0.1, 0.15) is 11.5 Å². The van der Waals surface area contributed by atoms with Crippen LogP contribution in [0.3, 0.4) is 0 Å². The molecule has 0 radical (unpaired) electrons. The number of amides is 1. The van der Waals surface area contributed by atoms with E-state index in [0.717, 1.165) is 22.8 Å². The highest BCUT2D eigenvalue weighted by Crippen LogP contribution is 2.29. The number of anilines is 2. The second kappa shape index (κ2) is 9.49. The van der Waals surface area contributed by atoms with Crippen LogP contribution >= 0.6 is 0 Å². The Hall–Kier alpha value is -3.26. The summed E-state index contributed by atoms with van der Waals surface area (Å²) in [6.07, 6.45) is 1.90. The molecule has 0 aliphatic carbocycles. The molecule has 8 heteroatoms. The van der Waals surface area contributed by atoms with Crippen LogP contribution in [0.15, 0.2) is 60.7 Å². The summed E-state index contributed by atoms with van der Waals surface area (Å²) in [6, 6.07) is 18.6. The number of carbonyl (C=O) groups excluding carboxylic acids is 1. The van der Waals surface area contributed by atoms with Crippen LogP contribution in [-0.4, -0.2) is 34.3 Å². The van der Waals surface area contributed by atoms with E-state index in [-0.39, 0.29) is 12.3 Å². The van der Waals surface area contributed by atoms with Crippen molar-refractivity contribution in [2.45, 2.75) is 12.8 Å². The van der Waals surface area contributed by atoms with Gasteiger partial charge in [0.2, 0.25) is 15.9 Å². The Balaban J connectivity index is 1.52. The number of hydrogen-bond acceptors (Lipinski definition) is 5. The molecule has 7 nitrogen and oxygen atoms in total. The predicted octanol–water partition coefficient (Wildman–Crippen LogP) is 4.02. The van der Waals surface area contributed by atoms with Crippen molar-refractivity contribution in [3.8, 4) is 11.5 Å². The van der Waals surface area contributed by atoms with Gasteiger partial charge in [0, 0.05) is 23.6 Å². The first kappa shape index (κ1) is 21.4. The third-order valence-electron chi connectivity index (χ3n) is 4.34. The SMILES string of the molecule is COc1cc(NC(=O)CCCOc2cccc3ccccc23)ccc1NS(C)(=O)=O. The van der Waals surface area contributed by atoms with Crippen molar-refractivity contribution in [2.24, 2.45) is 0 Å². The van der Waals surface area contributed by atoms with Crippen molar-refractivity contribution >= 4 is 38.1 Å². The zero-order valence-corrected chi connectivity index (χ0v) is 17.7. The topological polar surface area (TPSA) is 93.7 Å². The summed E-state index contributed by atoms with van der Waals surface area (Å²) in [6.45, 7) is 0.419. The third kappa shape index (κ3) is 5.87. The lowest BCUT2D eigenvalue weighted by Gasteiger charge is -2.12. The second-order valence-corrected chi connectivity index (χ2v) is 8.52. The van der Waals surface area contributed by atoms with Crippen LogP contribution in [0.1, 0.15) is 12.8 Å². The van der Waals surface area contributed by atoms with Gasteiger partial charge in [-0.1, -0.05) is 36.4 Å². The molecule has 0 unspecified atom stereocenters. The first-order valence-corrected chi connectivity index (χ1v) is 11.3. The van der Waals surface area contributed by atoms with Crippen molar-refractivity contribution in [3.63, 3.8) is 0 Å².